The van der Waals surface area contributed by atoms with Crippen molar-refractivity contribution in [1.29, 1.82) is 0 Å². The van der Waals surface area contributed by atoms with Crippen molar-refractivity contribution in [2.45, 2.75) is 53.9 Å². The van der Waals surface area contributed by atoms with Gasteiger partial charge in [0, 0.05) is 11.8 Å². The van der Waals surface area contributed by atoms with Gasteiger partial charge in [-0.25, -0.2) is 0 Å². The summed E-state index contributed by atoms with van der Waals surface area (Å²) >= 11 is 0. The molecule has 0 saturated carbocycles. The molecule has 0 radical (unpaired) electrons. The molecule has 1 N–H and O–H groups in total. The molecule has 4 nitrogen and oxygen atoms in total. The van der Waals surface area contributed by atoms with E-state index in [-0.39, 0.29) is 24.9 Å². The number of carbonyl (C=O) groups excluding carboxylic acids is 1. The van der Waals surface area contributed by atoms with Crippen molar-refractivity contribution in [2.24, 2.45) is 10.8 Å². The second kappa shape index (κ2) is 7.18. The third kappa shape index (κ3) is 5.34. The van der Waals surface area contributed by atoms with Gasteiger partial charge < -0.3 is 9.84 Å². The van der Waals surface area contributed by atoms with Crippen LogP contribution in [0.15, 0.2) is 0 Å². The fourth-order valence-corrected chi connectivity index (χ4v) is 1.69. The highest BCUT2D eigenvalue weighted by Gasteiger charge is 2.46. The Morgan fingerprint density at radius 3 is 2.16 bits per heavy atom. The molecule has 0 fully saturated rings. The Morgan fingerprint density at radius 2 is 1.79 bits per heavy atom. The molecular formula is C15H24O4. The predicted octanol–water partition coefficient (Wildman–Crippen LogP) is 2.86. The molecule has 0 aliphatic heterocycles. The van der Waals surface area contributed by atoms with E-state index in [2.05, 4.69) is 11.8 Å². The first-order valence-corrected chi connectivity index (χ1v) is 6.60. The summed E-state index contributed by atoms with van der Waals surface area (Å²) in [6.45, 7) is 9.49. The Balaban J connectivity index is 5.28. The van der Waals surface area contributed by atoms with Crippen molar-refractivity contribution in [2.75, 3.05) is 6.61 Å². The van der Waals surface area contributed by atoms with E-state index in [0.29, 0.717) is 6.42 Å². The first-order chi connectivity index (χ1) is 8.69. The quantitative estimate of drug-likeness (QED) is 0.457. The van der Waals surface area contributed by atoms with Crippen LogP contribution in [0.2, 0.25) is 0 Å². The van der Waals surface area contributed by atoms with Crippen LogP contribution in [-0.4, -0.2) is 23.7 Å². The Kier molecular flexibility index (Phi) is 6.61. The zero-order valence-electron chi connectivity index (χ0n) is 12.5. The van der Waals surface area contributed by atoms with Crippen molar-refractivity contribution in [3.63, 3.8) is 0 Å². The molecule has 1 atom stereocenters. The molecule has 1 unspecified atom stereocenters. The molecule has 0 saturated heterocycles. The van der Waals surface area contributed by atoms with Gasteiger partial charge in [0.2, 0.25) is 0 Å². The van der Waals surface area contributed by atoms with Crippen LogP contribution < -0.4 is 0 Å². The van der Waals surface area contributed by atoms with Crippen LogP contribution in [0, 0.1) is 22.7 Å². The number of carbonyl (C=O) groups is 2. The molecule has 0 bridgehead atoms. The van der Waals surface area contributed by atoms with Gasteiger partial charge in [-0.05, 0) is 34.1 Å². The van der Waals surface area contributed by atoms with Gasteiger partial charge in [-0.1, -0.05) is 19.3 Å². The average molecular weight is 268 g/mol. The maximum Gasteiger partial charge on any atom is 0.324 e. The van der Waals surface area contributed by atoms with Crippen LogP contribution in [0.4, 0.5) is 0 Å². The predicted molar refractivity (Wildman–Crippen MR) is 73.5 cm³/mol. The van der Waals surface area contributed by atoms with Crippen LogP contribution >= 0.6 is 0 Å². The van der Waals surface area contributed by atoms with Gasteiger partial charge in [-0.15, -0.1) is 5.92 Å². The van der Waals surface area contributed by atoms with Gasteiger partial charge >= 0.3 is 11.9 Å². The largest absolute Gasteiger partial charge is 0.480 e. The topological polar surface area (TPSA) is 63.6 Å². The zero-order chi connectivity index (χ0) is 15.1. The van der Waals surface area contributed by atoms with E-state index >= 15 is 0 Å². The molecule has 0 aromatic heterocycles. The van der Waals surface area contributed by atoms with E-state index in [1.807, 2.05) is 27.7 Å². The lowest BCUT2D eigenvalue weighted by Crippen LogP contribution is -2.40. The summed E-state index contributed by atoms with van der Waals surface area (Å²) in [5.74, 6) is 3.96. The lowest BCUT2D eigenvalue weighted by Gasteiger charge is -2.24. The number of esters is 1. The molecule has 19 heavy (non-hydrogen) atoms. The van der Waals surface area contributed by atoms with Crippen LogP contribution in [0.3, 0.4) is 0 Å². The van der Waals surface area contributed by atoms with Crippen LogP contribution in [0.1, 0.15) is 53.9 Å². The monoisotopic (exact) mass is 268 g/mol. The SMILES string of the molecule is CCCC(CC#CC(C)(C)C)(C(=O)O)C(=O)OCC. The van der Waals surface area contributed by atoms with Crippen molar-refractivity contribution >= 4 is 11.9 Å². The minimum Gasteiger partial charge on any atom is -0.480 e. The lowest BCUT2D eigenvalue weighted by atomic mass is 9.80. The van der Waals surface area contributed by atoms with Gasteiger partial charge in [0.05, 0.1) is 6.61 Å². The third-order valence-electron chi connectivity index (χ3n) is 2.61. The fourth-order valence-electron chi connectivity index (χ4n) is 1.69. The van der Waals surface area contributed by atoms with Crippen molar-refractivity contribution in [3.8, 4) is 11.8 Å². The summed E-state index contributed by atoms with van der Waals surface area (Å²) in [5.41, 5.74) is -1.76. The van der Waals surface area contributed by atoms with E-state index in [0.717, 1.165) is 0 Å². The number of ether oxygens (including phenoxy) is 1. The molecular weight excluding hydrogens is 244 g/mol. The molecule has 4 heteroatoms. The number of carboxylic acid groups (broad SMARTS) is 1. The van der Waals surface area contributed by atoms with Gasteiger partial charge in [-0.3, -0.25) is 9.59 Å². The summed E-state index contributed by atoms with van der Waals surface area (Å²) in [5, 5.41) is 9.41. The Bertz CT molecular complexity index is 381. The molecule has 0 aromatic carbocycles. The van der Waals surface area contributed by atoms with Gasteiger partial charge in [0.15, 0.2) is 5.41 Å². The molecule has 0 spiro atoms. The van der Waals surface area contributed by atoms with Crippen LogP contribution in [0.25, 0.3) is 0 Å². The second-order valence-corrected chi connectivity index (χ2v) is 5.59. The summed E-state index contributed by atoms with van der Waals surface area (Å²) < 4.78 is 4.92. The van der Waals surface area contributed by atoms with Crippen molar-refractivity contribution in [1.82, 2.24) is 0 Å². The normalized spacial score (nSPS) is 13.9. The molecule has 0 aromatic rings. The highest BCUT2D eigenvalue weighted by Crippen LogP contribution is 2.30. The van der Waals surface area contributed by atoms with E-state index in [1.165, 1.54) is 0 Å². The number of hydrogen-bond acceptors (Lipinski definition) is 3. The maximum atomic E-state index is 12.0. The molecule has 0 heterocycles. The number of aliphatic carboxylic acids is 1. The van der Waals surface area contributed by atoms with Crippen molar-refractivity contribution in [3.05, 3.63) is 0 Å². The highest BCUT2D eigenvalue weighted by molar-refractivity contribution is 5.99. The number of rotatable bonds is 6. The maximum absolute atomic E-state index is 12.0. The molecule has 0 rings (SSSR count). The highest BCUT2D eigenvalue weighted by atomic mass is 16.5. The Hall–Kier alpha value is -1.50. The van der Waals surface area contributed by atoms with E-state index in [4.69, 9.17) is 4.74 Å². The lowest BCUT2D eigenvalue weighted by molar-refractivity contribution is -0.168. The summed E-state index contributed by atoms with van der Waals surface area (Å²) in [6, 6.07) is 0. The third-order valence-corrected chi connectivity index (χ3v) is 2.61. The number of hydrogen-bond donors (Lipinski definition) is 1. The average Bonchev–Trinajstić information content (AvgIpc) is 2.26. The number of carboxylic acids is 1. The van der Waals surface area contributed by atoms with E-state index in [9.17, 15) is 14.7 Å². The van der Waals surface area contributed by atoms with Gasteiger partial charge in [0.1, 0.15) is 0 Å². The standard InChI is InChI=1S/C15H24O4/c1-6-9-15(12(16)17,13(18)19-7-2)11-8-10-14(3,4)5/h6-7,9,11H2,1-5H3,(H,16,17). The first-order valence-electron chi connectivity index (χ1n) is 6.60. The molecule has 0 aliphatic rings. The molecule has 108 valence electrons. The molecule has 0 aliphatic carbocycles. The Morgan fingerprint density at radius 1 is 1.21 bits per heavy atom. The summed E-state index contributed by atoms with van der Waals surface area (Å²) in [6.07, 6.45) is 0.814. The minimum absolute atomic E-state index is 0.00766. The zero-order valence-corrected chi connectivity index (χ0v) is 12.5. The van der Waals surface area contributed by atoms with Gasteiger partial charge in [-0.2, -0.15) is 0 Å². The van der Waals surface area contributed by atoms with Crippen LogP contribution in [0.5, 0.6) is 0 Å². The van der Waals surface area contributed by atoms with Crippen LogP contribution in [-0.2, 0) is 14.3 Å². The van der Waals surface area contributed by atoms with Gasteiger partial charge in [0.25, 0.3) is 0 Å². The second-order valence-electron chi connectivity index (χ2n) is 5.59. The summed E-state index contributed by atoms with van der Waals surface area (Å²) in [4.78, 5) is 23.5. The first kappa shape index (κ1) is 17.5. The summed E-state index contributed by atoms with van der Waals surface area (Å²) in [7, 11) is 0. The van der Waals surface area contributed by atoms with Crippen molar-refractivity contribution < 1.29 is 19.4 Å². The fraction of sp³-hybridized carbons (Fsp3) is 0.733. The molecule has 0 amide bonds. The Labute approximate surface area is 115 Å². The minimum atomic E-state index is -1.54. The van der Waals surface area contributed by atoms with E-state index < -0.39 is 17.4 Å². The van der Waals surface area contributed by atoms with E-state index in [1.54, 1.807) is 6.92 Å². The smallest absolute Gasteiger partial charge is 0.324 e.